The molecule has 0 aliphatic carbocycles. The average molecular weight is 437 g/mol. The molecule has 11 nitrogen and oxygen atoms in total. The van der Waals surface area contributed by atoms with E-state index < -0.39 is 10.0 Å². The van der Waals surface area contributed by atoms with Crippen molar-refractivity contribution in [3.8, 4) is 11.5 Å². The van der Waals surface area contributed by atoms with Crippen LogP contribution in [0.4, 0.5) is 0 Å². The van der Waals surface area contributed by atoms with Crippen LogP contribution in [0.5, 0.6) is 11.5 Å². The molecule has 0 radical (unpaired) electrons. The SMILES string of the molecule is CNC(=O)Cc1noc(CN2CCN(S(=O)(=O)c3ccc4c(c3)OCCO4)CC2)n1. The van der Waals surface area contributed by atoms with Gasteiger partial charge in [-0.15, -0.1) is 0 Å². The van der Waals surface area contributed by atoms with Crippen molar-refractivity contribution in [1.82, 2.24) is 24.7 Å². The van der Waals surface area contributed by atoms with Crippen molar-refractivity contribution in [2.24, 2.45) is 0 Å². The van der Waals surface area contributed by atoms with E-state index in [4.69, 9.17) is 14.0 Å². The molecular weight excluding hydrogens is 414 g/mol. The fourth-order valence-corrected chi connectivity index (χ4v) is 4.75. The number of rotatable bonds is 6. The summed E-state index contributed by atoms with van der Waals surface area (Å²) in [6, 6.07) is 4.69. The number of likely N-dealkylation sites (N-methyl/N-ethyl adjacent to an activating group) is 1. The first-order chi connectivity index (χ1) is 14.5. The van der Waals surface area contributed by atoms with Gasteiger partial charge in [0.05, 0.1) is 17.9 Å². The largest absolute Gasteiger partial charge is 0.486 e. The maximum atomic E-state index is 13.0. The molecule has 1 N–H and O–H groups in total. The summed E-state index contributed by atoms with van der Waals surface area (Å²) in [6.07, 6.45) is 0.0571. The van der Waals surface area contributed by atoms with Gasteiger partial charge in [-0.3, -0.25) is 9.69 Å². The summed E-state index contributed by atoms with van der Waals surface area (Å²) in [5.41, 5.74) is 0. The van der Waals surface area contributed by atoms with Crippen molar-refractivity contribution in [3.63, 3.8) is 0 Å². The zero-order chi connectivity index (χ0) is 21.1. The van der Waals surface area contributed by atoms with Gasteiger partial charge in [0.2, 0.25) is 21.8 Å². The maximum absolute atomic E-state index is 13.0. The minimum absolute atomic E-state index is 0.0571. The van der Waals surface area contributed by atoms with Crippen LogP contribution in [0.15, 0.2) is 27.6 Å². The Balaban J connectivity index is 1.35. The first kappa shape index (κ1) is 20.6. The number of hydrogen-bond donors (Lipinski definition) is 1. The number of amides is 1. The first-order valence-corrected chi connectivity index (χ1v) is 11.0. The minimum Gasteiger partial charge on any atom is -0.486 e. The lowest BCUT2D eigenvalue weighted by Crippen LogP contribution is -2.48. The van der Waals surface area contributed by atoms with Crippen molar-refractivity contribution < 1.29 is 27.2 Å². The molecule has 2 aliphatic heterocycles. The Morgan fingerprint density at radius 3 is 2.60 bits per heavy atom. The van der Waals surface area contributed by atoms with Crippen LogP contribution in [0.3, 0.4) is 0 Å². The quantitative estimate of drug-likeness (QED) is 0.644. The minimum atomic E-state index is -3.63. The van der Waals surface area contributed by atoms with E-state index in [1.807, 2.05) is 4.90 Å². The Hall–Kier alpha value is -2.70. The molecule has 2 aromatic rings. The number of hydrogen-bond acceptors (Lipinski definition) is 9. The van der Waals surface area contributed by atoms with Gasteiger partial charge in [0.15, 0.2) is 17.3 Å². The standard InChI is InChI=1S/C18H23N5O6S/c1-19-17(24)11-16-20-18(29-21-16)12-22-4-6-23(7-5-22)30(25,26)13-2-3-14-15(10-13)28-9-8-27-14/h2-3,10H,4-9,11-12H2,1H3,(H,19,24). The van der Waals surface area contributed by atoms with Gasteiger partial charge in [-0.25, -0.2) is 8.42 Å². The van der Waals surface area contributed by atoms with E-state index in [0.29, 0.717) is 69.2 Å². The summed E-state index contributed by atoms with van der Waals surface area (Å²) in [4.78, 5) is 17.8. The smallest absolute Gasteiger partial charge is 0.243 e. The van der Waals surface area contributed by atoms with Gasteiger partial charge in [-0.05, 0) is 12.1 Å². The number of benzene rings is 1. The van der Waals surface area contributed by atoms with Crippen LogP contribution in [0.2, 0.25) is 0 Å². The van der Waals surface area contributed by atoms with Crippen LogP contribution in [-0.2, 0) is 27.8 Å². The molecule has 12 heteroatoms. The fraction of sp³-hybridized carbons (Fsp3) is 0.500. The normalized spacial score (nSPS) is 17.6. The Bertz CT molecular complexity index is 1020. The second kappa shape index (κ2) is 8.58. The number of nitrogens with one attached hydrogen (secondary N) is 1. The lowest BCUT2D eigenvalue weighted by Gasteiger charge is -2.33. The molecular formula is C18H23N5O6S. The Labute approximate surface area is 174 Å². The van der Waals surface area contributed by atoms with E-state index in [1.165, 1.54) is 10.4 Å². The molecule has 1 amide bonds. The summed E-state index contributed by atoms with van der Waals surface area (Å²) in [6.45, 7) is 2.99. The third-order valence-corrected chi connectivity index (χ3v) is 6.84. The summed E-state index contributed by atoms with van der Waals surface area (Å²) in [7, 11) is -2.09. The van der Waals surface area contributed by atoms with Crippen molar-refractivity contribution >= 4 is 15.9 Å². The van der Waals surface area contributed by atoms with Crippen LogP contribution in [0, 0.1) is 0 Å². The predicted octanol–water partition coefficient (Wildman–Crippen LogP) is -0.364. The number of sulfonamides is 1. The van der Waals surface area contributed by atoms with Gasteiger partial charge in [-0.1, -0.05) is 5.16 Å². The van der Waals surface area contributed by atoms with E-state index >= 15 is 0 Å². The molecule has 0 atom stereocenters. The van der Waals surface area contributed by atoms with Gasteiger partial charge in [-0.2, -0.15) is 9.29 Å². The zero-order valence-electron chi connectivity index (χ0n) is 16.5. The number of ether oxygens (including phenoxy) is 2. The monoisotopic (exact) mass is 437 g/mol. The molecule has 1 fully saturated rings. The highest BCUT2D eigenvalue weighted by Crippen LogP contribution is 2.33. The molecule has 0 spiro atoms. The molecule has 4 rings (SSSR count). The Morgan fingerprint density at radius 2 is 1.87 bits per heavy atom. The van der Waals surface area contributed by atoms with E-state index in [1.54, 1.807) is 19.2 Å². The predicted molar refractivity (Wildman–Crippen MR) is 104 cm³/mol. The molecule has 1 aromatic heterocycles. The lowest BCUT2D eigenvalue weighted by atomic mass is 10.3. The van der Waals surface area contributed by atoms with Crippen LogP contribution < -0.4 is 14.8 Å². The van der Waals surface area contributed by atoms with Crippen molar-refractivity contribution in [3.05, 3.63) is 29.9 Å². The summed E-state index contributed by atoms with van der Waals surface area (Å²) < 4.78 is 43.6. The average Bonchev–Trinajstić information content (AvgIpc) is 3.20. The molecule has 0 unspecified atom stereocenters. The van der Waals surface area contributed by atoms with E-state index in [0.717, 1.165) is 0 Å². The lowest BCUT2D eigenvalue weighted by molar-refractivity contribution is -0.120. The third kappa shape index (κ3) is 4.40. The fourth-order valence-electron chi connectivity index (χ4n) is 3.31. The number of carbonyl (C=O) groups excluding carboxylic acids is 1. The molecule has 1 aromatic carbocycles. The van der Waals surface area contributed by atoms with Crippen molar-refractivity contribution in [2.45, 2.75) is 17.9 Å². The number of fused-ring (bicyclic) bond motifs is 1. The van der Waals surface area contributed by atoms with Crippen molar-refractivity contribution in [1.29, 1.82) is 0 Å². The van der Waals surface area contributed by atoms with Gasteiger partial charge < -0.3 is 19.3 Å². The van der Waals surface area contributed by atoms with Crippen LogP contribution >= 0.6 is 0 Å². The Morgan fingerprint density at radius 1 is 1.13 bits per heavy atom. The third-order valence-electron chi connectivity index (χ3n) is 4.95. The van der Waals surface area contributed by atoms with Crippen LogP contribution in [0.25, 0.3) is 0 Å². The second-order valence-corrected chi connectivity index (χ2v) is 8.88. The molecule has 0 bridgehead atoms. The summed E-state index contributed by atoms with van der Waals surface area (Å²) in [5.74, 6) is 1.53. The molecule has 1 saturated heterocycles. The molecule has 2 aliphatic rings. The van der Waals surface area contributed by atoms with E-state index in [9.17, 15) is 13.2 Å². The highest BCUT2D eigenvalue weighted by Gasteiger charge is 2.30. The van der Waals surface area contributed by atoms with Gasteiger partial charge in [0, 0.05) is 39.3 Å². The second-order valence-electron chi connectivity index (χ2n) is 6.94. The number of carbonyl (C=O) groups is 1. The highest BCUT2D eigenvalue weighted by molar-refractivity contribution is 7.89. The van der Waals surface area contributed by atoms with E-state index in [-0.39, 0.29) is 17.2 Å². The molecule has 162 valence electrons. The Kier molecular flexibility index (Phi) is 5.88. The van der Waals surface area contributed by atoms with Crippen LogP contribution in [0.1, 0.15) is 11.7 Å². The molecule has 3 heterocycles. The number of aromatic nitrogens is 2. The number of nitrogens with zero attached hydrogens (tertiary/aromatic N) is 4. The first-order valence-electron chi connectivity index (χ1n) is 9.60. The molecule has 0 saturated carbocycles. The maximum Gasteiger partial charge on any atom is 0.243 e. The summed E-state index contributed by atoms with van der Waals surface area (Å²) >= 11 is 0. The topological polar surface area (TPSA) is 127 Å². The van der Waals surface area contributed by atoms with Gasteiger partial charge in [0.1, 0.15) is 13.2 Å². The van der Waals surface area contributed by atoms with Crippen molar-refractivity contribution in [2.75, 3.05) is 46.4 Å². The van der Waals surface area contributed by atoms with Gasteiger partial charge >= 0.3 is 0 Å². The number of piperazine rings is 1. The van der Waals surface area contributed by atoms with Gasteiger partial charge in [0.25, 0.3) is 0 Å². The molecule has 30 heavy (non-hydrogen) atoms. The van der Waals surface area contributed by atoms with Crippen LogP contribution in [-0.4, -0.2) is 80.1 Å². The summed E-state index contributed by atoms with van der Waals surface area (Å²) in [5, 5.41) is 6.30. The van der Waals surface area contributed by atoms with E-state index in [2.05, 4.69) is 15.5 Å². The highest BCUT2D eigenvalue weighted by atomic mass is 32.2. The zero-order valence-corrected chi connectivity index (χ0v) is 17.4.